The van der Waals surface area contributed by atoms with E-state index in [-0.39, 0.29) is 12.5 Å². The second kappa shape index (κ2) is 8.59. The van der Waals surface area contributed by atoms with Crippen LogP contribution in [0.1, 0.15) is 37.7 Å². The number of methoxy groups -OCH3 is 1. The highest BCUT2D eigenvalue weighted by Crippen LogP contribution is 2.38. The average Bonchev–Trinajstić information content (AvgIpc) is 3.24. The Morgan fingerprint density at radius 3 is 2.34 bits per heavy atom. The fourth-order valence-electron chi connectivity index (χ4n) is 3.12. The zero-order chi connectivity index (χ0) is 21.9. The lowest BCUT2D eigenvalue weighted by Gasteiger charge is -2.17. The minimum atomic E-state index is -4.68. The standard InChI is InChI=1S/C13H15F3O3S.C5H6N2O2/c1-19-9-6-7-10(8-9)20(17,18)12-5-3-2-4-11(12)13(14,15)16;6-3-5(1-2-5)7-4(8)9/h2-5,9-10H,6-8H2,1H3;7H,1-2H2,(H,8,9)/t9-,10-;/m0./s1. The van der Waals surface area contributed by atoms with E-state index in [4.69, 9.17) is 15.1 Å². The molecule has 0 spiro atoms. The van der Waals surface area contributed by atoms with E-state index >= 15 is 0 Å². The molecule has 0 radical (unpaired) electrons. The first kappa shape index (κ1) is 23.0. The molecule has 0 aromatic heterocycles. The van der Waals surface area contributed by atoms with E-state index in [9.17, 15) is 26.4 Å². The lowest BCUT2D eigenvalue weighted by Crippen LogP contribution is -2.33. The van der Waals surface area contributed by atoms with Crippen molar-refractivity contribution in [1.29, 1.82) is 5.26 Å². The number of carboxylic acid groups (broad SMARTS) is 1. The van der Waals surface area contributed by atoms with Crippen molar-refractivity contribution in [2.45, 2.75) is 60.1 Å². The highest BCUT2D eigenvalue weighted by Gasteiger charge is 2.44. The van der Waals surface area contributed by atoms with Crippen LogP contribution < -0.4 is 5.32 Å². The highest BCUT2D eigenvalue weighted by atomic mass is 32.2. The number of nitrogens with one attached hydrogen (secondary N) is 1. The number of nitrogens with zero attached hydrogens (tertiary/aromatic N) is 1. The van der Waals surface area contributed by atoms with Gasteiger partial charge in [-0.25, -0.2) is 13.2 Å². The Bertz CT molecular complexity index is 891. The van der Waals surface area contributed by atoms with Crippen molar-refractivity contribution in [3.8, 4) is 6.07 Å². The Morgan fingerprint density at radius 1 is 1.31 bits per heavy atom. The number of carbonyl (C=O) groups is 1. The van der Waals surface area contributed by atoms with Crippen molar-refractivity contribution in [3.05, 3.63) is 29.8 Å². The molecular weight excluding hydrogens is 413 g/mol. The molecule has 2 aliphatic rings. The molecule has 0 saturated heterocycles. The summed E-state index contributed by atoms with van der Waals surface area (Å²) in [5.41, 5.74) is -1.83. The van der Waals surface area contributed by atoms with Gasteiger partial charge in [0.1, 0.15) is 5.54 Å². The molecule has 2 fully saturated rings. The first-order valence-corrected chi connectivity index (χ1v) is 10.3. The third-order valence-electron chi connectivity index (χ3n) is 4.92. The Hall–Kier alpha value is -2.32. The smallest absolute Gasteiger partial charge is 0.417 e. The summed E-state index contributed by atoms with van der Waals surface area (Å²) >= 11 is 0. The number of alkyl halides is 3. The Balaban J connectivity index is 0.000000278. The van der Waals surface area contributed by atoms with Gasteiger partial charge in [0.15, 0.2) is 9.84 Å². The molecule has 0 bridgehead atoms. The van der Waals surface area contributed by atoms with Gasteiger partial charge in [0.25, 0.3) is 0 Å². The quantitative estimate of drug-likeness (QED) is 0.751. The van der Waals surface area contributed by atoms with Crippen LogP contribution >= 0.6 is 0 Å². The van der Waals surface area contributed by atoms with E-state index in [0.29, 0.717) is 25.7 Å². The lowest BCUT2D eigenvalue weighted by atomic mass is 10.2. The number of nitriles is 1. The SMILES string of the molecule is CO[C@H]1CC[C@H](S(=O)(=O)c2ccccc2C(F)(F)F)C1.N#CC1(NC(=O)O)CC1. The van der Waals surface area contributed by atoms with E-state index < -0.39 is 43.4 Å². The fraction of sp³-hybridized carbons (Fsp3) is 0.556. The molecule has 1 aromatic carbocycles. The number of sulfone groups is 1. The Labute approximate surface area is 166 Å². The van der Waals surface area contributed by atoms with E-state index in [1.54, 1.807) is 0 Å². The van der Waals surface area contributed by atoms with Crippen LogP contribution in [0.4, 0.5) is 18.0 Å². The fourth-order valence-corrected chi connectivity index (χ4v) is 5.15. The van der Waals surface area contributed by atoms with Crippen LogP contribution in [0.2, 0.25) is 0 Å². The topological polar surface area (TPSA) is 116 Å². The second-order valence-corrected chi connectivity index (χ2v) is 9.15. The van der Waals surface area contributed by atoms with Gasteiger partial charge in [-0.2, -0.15) is 18.4 Å². The summed E-state index contributed by atoms with van der Waals surface area (Å²) < 4.78 is 68.7. The highest BCUT2D eigenvalue weighted by molar-refractivity contribution is 7.92. The van der Waals surface area contributed by atoms with Crippen LogP contribution in [0.5, 0.6) is 0 Å². The monoisotopic (exact) mass is 434 g/mol. The summed E-state index contributed by atoms with van der Waals surface area (Å²) in [6.07, 6.45) is -3.58. The summed E-state index contributed by atoms with van der Waals surface area (Å²) in [5.74, 6) is 0. The maximum Gasteiger partial charge on any atom is 0.417 e. The molecule has 29 heavy (non-hydrogen) atoms. The van der Waals surface area contributed by atoms with Gasteiger partial charge in [-0.3, -0.25) is 0 Å². The minimum absolute atomic E-state index is 0.201. The average molecular weight is 434 g/mol. The van der Waals surface area contributed by atoms with E-state index in [0.717, 1.165) is 12.1 Å². The van der Waals surface area contributed by atoms with Gasteiger partial charge < -0.3 is 15.2 Å². The normalized spacial score (nSPS) is 22.7. The number of ether oxygens (including phenoxy) is 1. The summed E-state index contributed by atoms with van der Waals surface area (Å²) in [5, 5.41) is 17.8. The number of hydrogen-bond donors (Lipinski definition) is 2. The lowest BCUT2D eigenvalue weighted by molar-refractivity contribution is -0.139. The van der Waals surface area contributed by atoms with Crippen molar-refractivity contribution in [3.63, 3.8) is 0 Å². The Kier molecular flexibility index (Phi) is 6.80. The molecule has 2 atom stereocenters. The third-order valence-corrected chi connectivity index (χ3v) is 7.19. The number of benzene rings is 1. The summed E-state index contributed by atoms with van der Waals surface area (Å²) in [6.45, 7) is 0. The van der Waals surface area contributed by atoms with Crippen molar-refractivity contribution in [1.82, 2.24) is 5.32 Å². The summed E-state index contributed by atoms with van der Waals surface area (Å²) in [6, 6.07) is 6.22. The maximum absolute atomic E-state index is 12.9. The zero-order valence-electron chi connectivity index (χ0n) is 15.6. The Morgan fingerprint density at radius 2 is 1.93 bits per heavy atom. The van der Waals surface area contributed by atoms with Crippen molar-refractivity contribution >= 4 is 15.9 Å². The largest absolute Gasteiger partial charge is 0.465 e. The van der Waals surface area contributed by atoms with Crippen LogP contribution in [-0.4, -0.2) is 43.6 Å². The number of amides is 1. The maximum atomic E-state index is 12.9. The molecule has 2 N–H and O–H groups in total. The van der Waals surface area contributed by atoms with Crippen molar-refractivity contribution in [2.75, 3.05) is 7.11 Å². The van der Waals surface area contributed by atoms with Crippen molar-refractivity contribution in [2.24, 2.45) is 0 Å². The van der Waals surface area contributed by atoms with Gasteiger partial charge in [-0.1, -0.05) is 12.1 Å². The van der Waals surface area contributed by atoms with Crippen molar-refractivity contribution < 1.29 is 36.2 Å². The number of hydrogen-bond acceptors (Lipinski definition) is 5. The number of rotatable bonds is 4. The van der Waals surface area contributed by atoms with Crippen LogP contribution in [0, 0.1) is 11.3 Å². The minimum Gasteiger partial charge on any atom is -0.465 e. The molecule has 1 amide bonds. The van der Waals surface area contributed by atoms with Crippen LogP contribution in [0.3, 0.4) is 0 Å². The molecule has 2 saturated carbocycles. The molecule has 3 rings (SSSR count). The van der Waals surface area contributed by atoms with Crippen LogP contribution in [-0.2, 0) is 20.8 Å². The molecule has 160 valence electrons. The summed E-state index contributed by atoms with van der Waals surface area (Å²) in [4.78, 5) is 9.32. The van der Waals surface area contributed by atoms with E-state index in [1.807, 2.05) is 6.07 Å². The van der Waals surface area contributed by atoms with Gasteiger partial charge in [0.2, 0.25) is 0 Å². The third kappa shape index (κ3) is 5.61. The van der Waals surface area contributed by atoms with E-state index in [1.165, 1.54) is 19.2 Å². The first-order chi connectivity index (χ1) is 13.4. The predicted molar refractivity (Wildman–Crippen MR) is 95.8 cm³/mol. The van der Waals surface area contributed by atoms with Crippen LogP contribution in [0.15, 0.2) is 29.2 Å². The predicted octanol–water partition coefficient (Wildman–Crippen LogP) is 3.36. The molecule has 0 unspecified atom stereocenters. The van der Waals surface area contributed by atoms with Gasteiger partial charge in [-0.05, 0) is 44.2 Å². The molecule has 0 heterocycles. The zero-order valence-corrected chi connectivity index (χ0v) is 16.4. The molecule has 11 heteroatoms. The number of halogens is 3. The van der Waals surface area contributed by atoms with Gasteiger partial charge in [0.05, 0.1) is 27.9 Å². The molecule has 7 nitrogen and oxygen atoms in total. The molecular formula is C18H21F3N2O5S. The van der Waals surface area contributed by atoms with Gasteiger partial charge >= 0.3 is 12.3 Å². The van der Waals surface area contributed by atoms with Gasteiger partial charge in [0, 0.05) is 7.11 Å². The van der Waals surface area contributed by atoms with Crippen LogP contribution in [0.25, 0.3) is 0 Å². The molecule has 0 aliphatic heterocycles. The first-order valence-electron chi connectivity index (χ1n) is 8.80. The second-order valence-electron chi connectivity index (χ2n) is 6.96. The van der Waals surface area contributed by atoms with E-state index in [2.05, 4.69) is 5.32 Å². The van der Waals surface area contributed by atoms with Gasteiger partial charge in [-0.15, -0.1) is 0 Å². The summed E-state index contributed by atoms with van der Waals surface area (Å²) in [7, 11) is -2.52. The molecule has 1 aromatic rings. The molecule has 2 aliphatic carbocycles.